The Balaban J connectivity index is 2.65. The normalized spacial score (nSPS) is 18.5. The van der Waals surface area contributed by atoms with Gasteiger partial charge in [-0.1, -0.05) is 40.0 Å². The van der Waals surface area contributed by atoms with E-state index in [-0.39, 0.29) is 11.8 Å². The van der Waals surface area contributed by atoms with Crippen molar-refractivity contribution in [2.24, 2.45) is 5.92 Å². The summed E-state index contributed by atoms with van der Waals surface area (Å²) in [6.45, 7) is 8.92. The summed E-state index contributed by atoms with van der Waals surface area (Å²) in [6, 6.07) is 0.335. The Bertz CT molecular complexity index is 367. The Morgan fingerprint density at radius 3 is 2.30 bits per heavy atom. The van der Waals surface area contributed by atoms with Gasteiger partial charge in [0.05, 0.1) is 12.5 Å². The van der Waals surface area contributed by atoms with Crippen LogP contribution in [0, 0.1) is 5.92 Å². The van der Waals surface area contributed by atoms with Crippen LogP contribution >= 0.6 is 0 Å². The number of aliphatic carboxylic acids is 1. The first-order chi connectivity index (χ1) is 11.0. The smallest absolute Gasteiger partial charge is 0.307 e. The minimum Gasteiger partial charge on any atom is -0.481 e. The molecule has 1 unspecified atom stereocenters. The average molecular weight is 326 g/mol. The highest BCUT2D eigenvalue weighted by Gasteiger charge is 2.31. The van der Waals surface area contributed by atoms with Gasteiger partial charge in [0.2, 0.25) is 5.91 Å². The molecule has 1 rings (SSSR count). The average Bonchev–Trinajstić information content (AvgIpc) is 2.96. The molecule has 5 nitrogen and oxygen atoms in total. The highest BCUT2D eigenvalue weighted by molar-refractivity contribution is 5.79. The van der Waals surface area contributed by atoms with E-state index in [2.05, 4.69) is 25.7 Å². The van der Waals surface area contributed by atoms with Crippen molar-refractivity contribution in [3.05, 3.63) is 0 Å². The summed E-state index contributed by atoms with van der Waals surface area (Å²) in [6.07, 6.45) is 7.07. The number of carboxylic acids is 1. The number of hydrogen-bond donors (Lipinski definition) is 1. The zero-order valence-electron chi connectivity index (χ0n) is 15.1. The van der Waals surface area contributed by atoms with Gasteiger partial charge < -0.3 is 10.0 Å². The van der Waals surface area contributed by atoms with Crippen molar-refractivity contribution in [1.82, 2.24) is 9.80 Å². The van der Waals surface area contributed by atoms with Crippen LogP contribution in [-0.4, -0.2) is 59.0 Å². The molecule has 1 N–H and O–H groups in total. The molecular formula is C18H34N2O3. The molecule has 134 valence electrons. The molecule has 0 aromatic rings. The van der Waals surface area contributed by atoms with Gasteiger partial charge in [0.15, 0.2) is 0 Å². The summed E-state index contributed by atoms with van der Waals surface area (Å²) in [5.74, 6) is -0.872. The fraction of sp³-hybridized carbons (Fsp3) is 0.889. The van der Waals surface area contributed by atoms with E-state index in [1.807, 2.05) is 4.90 Å². The van der Waals surface area contributed by atoms with Crippen LogP contribution in [0.2, 0.25) is 0 Å². The van der Waals surface area contributed by atoms with Gasteiger partial charge in [-0.2, -0.15) is 0 Å². The lowest BCUT2D eigenvalue weighted by Gasteiger charge is -2.33. The zero-order valence-corrected chi connectivity index (χ0v) is 15.1. The molecule has 0 bridgehead atoms. The second-order valence-electron chi connectivity index (χ2n) is 6.73. The van der Waals surface area contributed by atoms with Gasteiger partial charge in [-0.3, -0.25) is 14.5 Å². The van der Waals surface area contributed by atoms with E-state index in [0.29, 0.717) is 25.6 Å². The first kappa shape index (κ1) is 19.9. The third-order valence-electron chi connectivity index (χ3n) is 4.74. The van der Waals surface area contributed by atoms with Gasteiger partial charge in [-0.25, -0.2) is 0 Å². The Kier molecular flexibility index (Phi) is 9.22. The summed E-state index contributed by atoms with van der Waals surface area (Å²) in [5, 5.41) is 9.10. The number of amides is 1. The van der Waals surface area contributed by atoms with Gasteiger partial charge in [-0.05, 0) is 32.2 Å². The second-order valence-corrected chi connectivity index (χ2v) is 6.73. The number of unbranched alkanes of at least 4 members (excludes halogenated alkanes) is 1. The first-order valence-electron chi connectivity index (χ1n) is 9.28. The molecule has 0 saturated carbocycles. The molecule has 1 fully saturated rings. The van der Waals surface area contributed by atoms with E-state index in [0.717, 1.165) is 51.6 Å². The first-order valence-corrected chi connectivity index (χ1v) is 9.28. The van der Waals surface area contributed by atoms with Crippen molar-refractivity contribution in [2.45, 2.75) is 71.8 Å². The largest absolute Gasteiger partial charge is 0.481 e. The van der Waals surface area contributed by atoms with Gasteiger partial charge >= 0.3 is 5.97 Å². The molecule has 23 heavy (non-hydrogen) atoms. The van der Waals surface area contributed by atoms with Crippen LogP contribution in [0.5, 0.6) is 0 Å². The fourth-order valence-electron chi connectivity index (χ4n) is 3.42. The Morgan fingerprint density at radius 2 is 1.83 bits per heavy atom. The van der Waals surface area contributed by atoms with Crippen LogP contribution in [0.1, 0.15) is 65.7 Å². The van der Waals surface area contributed by atoms with Gasteiger partial charge in [-0.15, -0.1) is 0 Å². The molecule has 0 radical (unpaired) electrons. The number of likely N-dealkylation sites (tertiary alicyclic amines) is 1. The number of carboxylic acid groups (broad SMARTS) is 1. The number of rotatable bonds is 11. The van der Waals surface area contributed by atoms with Crippen LogP contribution in [0.4, 0.5) is 0 Å². The van der Waals surface area contributed by atoms with Crippen molar-refractivity contribution < 1.29 is 14.7 Å². The molecular weight excluding hydrogens is 292 g/mol. The molecule has 1 heterocycles. The topological polar surface area (TPSA) is 60.9 Å². The van der Waals surface area contributed by atoms with Crippen LogP contribution in [0.25, 0.3) is 0 Å². The predicted molar refractivity (Wildman–Crippen MR) is 92.4 cm³/mol. The molecule has 1 aliphatic heterocycles. The van der Waals surface area contributed by atoms with E-state index in [4.69, 9.17) is 5.11 Å². The third kappa shape index (κ3) is 6.50. The maximum atomic E-state index is 12.8. The summed E-state index contributed by atoms with van der Waals surface area (Å²) in [7, 11) is 0. The lowest BCUT2D eigenvalue weighted by molar-refractivity contribution is -0.142. The summed E-state index contributed by atoms with van der Waals surface area (Å²) < 4.78 is 0. The quantitative estimate of drug-likeness (QED) is 0.634. The zero-order chi connectivity index (χ0) is 17.2. The SMILES string of the molecule is CCCCN(C(=O)CN1CCC(C(=O)O)C1)C(CCC)CCC. The fourth-order valence-corrected chi connectivity index (χ4v) is 3.42. The molecule has 1 amide bonds. The molecule has 0 spiro atoms. The van der Waals surface area contributed by atoms with E-state index in [1.165, 1.54) is 0 Å². The van der Waals surface area contributed by atoms with Crippen molar-refractivity contribution in [3.8, 4) is 0 Å². The van der Waals surface area contributed by atoms with Crippen LogP contribution in [-0.2, 0) is 9.59 Å². The highest BCUT2D eigenvalue weighted by Crippen LogP contribution is 2.19. The Hall–Kier alpha value is -1.10. The molecule has 0 aliphatic carbocycles. The Morgan fingerprint density at radius 1 is 1.17 bits per heavy atom. The second kappa shape index (κ2) is 10.6. The van der Waals surface area contributed by atoms with Crippen molar-refractivity contribution >= 4 is 11.9 Å². The lowest BCUT2D eigenvalue weighted by Crippen LogP contribution is -2.46. The highest BCUT2D eigenvalue weighted by atomic mass is 16.4. The molecule has 5 heteroatoms. The maximum absolute atomic E-state index is 12.8. The van der Waals surface area contributed by atoms with E-state index in [9.17, 15) is 9.59 Å². The van der Waals surface area contributed by atoms with Gasteiger partial charge in [0.1, 0.15) is 0 Å². The number of nitrogens with zero attached hydrogens (tertiary/aromatic N) is 2. The summed E-state index contributed by atoms with van der Waals surface area (Å²) in [5.41, 5.74) is 0. The monoisotopic (exact) mass is 326 g/mol. The molecule has 0 aromatic carbocycles. The minimum absolute atomic E-state index is 0.177. The van der Waals surface area contributed by atoms with Gasteiger partial charge in [0.25, 0.3) is 0 Å². The number of carbonyl (C=O) groups excluding carboxylic acids is 1. The number of carbonyl (C=O) groups is 2. The van der Waals surface area contributed by atoms with Crippen LogP contribution in [0.15, 0.2) is 0 Å². The molecule has 0 aromatic heterocycles. The van der Waals surface area contributed by atoms with Crippen LogP contribution < -0.4 is 0 Å². The van der Waals surface area contributed by atoms with E-state index >= 15 is 0 Å². The van der Waals surface area contributed by atoms with E-state index in [1.54, 1.807) is 0 Å². The predicted octanol–water partition coefficient (Wildman–Crippen LogP) is 2.99. The molecule has 1 saturated heterocycles. The van der Waals surface area contributed by atoms with Crippen LogP contribution in [0.3, 0.4) is 0 Å². The minimum atomic E-state index is -0.738. The third-order valence-corrected chi connectivity index (χ3v) is 4.74. The maximum Gasteiger partial charge on any atom is 0.307 e. The van der Waals surface area contributed by atoms with Gasteiger partial charge in [0, 0.05) is 19.1 Å². The standard InChI is InChI=1S/C18H34N2O3/c1-4-7-11-20(16(8-5-2)9-6-3)17(21)14-19-12-10-15(13-19)18(22)23/h15-16H,4-14H2,1-3H3,(H,22,23). The van der Waals surface area contributed by atoms with E-state index < -0.39 is 5.97 Å². The van der Waals surface area contributed by atoms with Crippen molar-refractivity contribution in [2.75, 3.05) is 26.2 Å². The number of hydrogen-bond acceptors (Lipinski definition) is 3. The Labute approximate surface area is 141 Å². The summed E-state index contributed by atoms with van der Waals surface area (Å²) in [4.78, 5) is 28.0. The molecule has 1 aliphatic rings. The molecule has 1 atom stereocenters. The lowest BCUT2D eigenvalue weighted by atomic mass is 10.0. The summed E-state index contributed by atoms with van der Waals surface area (Å²) >= 11 is 0. The van der Waals surface area contributed by atoms with Crippen molar-refractivity contribution in [1.29, 1.82) is 0 Å². The van der Waals surface area contributed by atoms with Crippen molar-refractivity contribution in [3.63, 3.8) is 0 Å².